The lowest BCUT2D eigenvalue weighted by Gasteiger charge is -2.07. The van der Waals surface area contributed by atoms with Gasteiger partial charge in [0.15, 0.2) is 0 Å². The molecule has 0 unspecified atom stereocenters. The highest BCUT2D eigenvalue weighted by atomic mass is 32.2. The van der Waals surface area contributed by atoms with Crippen LogP contribution in [0.25, 0.3) is 0 Å². The molecule has 1 rings (SSSR count). The largest absolute Gasteiger partial charge is 0.319 e. The zero-order chi connectivity index (χ0) is 13.1. The Hall–Kier alpha value is -1.50. The second-order valence-corrected chi connectivity index (χ2v) is 6.12. The Morgan fingerprint density at radius 3 is 2.47 bits per heavy atom. The number of carbonyl (C=O) groups is 1. The van der Waals surface area contributed by atoms with Crippen molar-refractivity contribution >= 4 is 27.0 Å². The van der Waals surface area contributed by atoms with Gasteiger partial charge in [0.1, 0.15) is 0 Å². The van der Waals surface area contributed by atoms with Crippen molar-refractivity contribution in [1.29, 1.82) is 0 Å². The Morgan fingerprint density at radius 2 is 1.94 bits per heavy atom. The van der Waals surface area contributed by atoms with Crippen molar-refractivity contribution in [1.82, 2.24) is 0 Å². The number of hydrogen-bond donors (Lipinski definition) is 1. The lowest BCUT2D eigenvalue weighted by Crippen LogP contribution is -2.20. The van der Waals surface area contributed by atoms with Crippen LogP contribution in [-0.4, -0.2) is 29.1 Å². The highest BCUT2D eigenvalue weighted by Crippen LogP contribution is 2.25. The van der Waals surface area contributed by atoms with E-state index in [4.69, 9.17) is 0 Å². The SMILES string of the molecule is CS(C)(=O)=Nc1ccccc1NC(=O)C(F)F. The van der Waals surface area contributed by atoms with Crippen LogP contribution >= 0.6 is 0 Å². The molecule has 0 aromatic heterocycles. The summed E-state index contributed by atoms with van der Waals surface area (Å²) in [6, 6.07) is 6.09. The standard InChI is InChI=1S/C10H12F2N2O2S/c1-17(2,16)14-8-6-4-3-5-7(8)13-10(15)9(11)12/h3-6,9H,1-2H3,(H,13,15). The molecule has 0 bridgehead atoms. The van der Waals surface area contributed by atoms with Gasteiger partial charge in [0, 0.05) is 22.2 Å². The summed E-state index contributed by atoms with van der Waals surface area (Å²) in [5, 5.41) is 2.02. The molecule has 1 N–H and O–H groups in total. The van der Waals surface area contributed by atoms with Crippen LogP contribution in [0.5, 0.6) is 0 Å². The highest BCUT2D eigenvalue weighted by Gasteiger charge is 2.16. The van der Waals surface area contributed by atoms with E-state index in [1.54, 1.807) is 12.1 Å². The number of halogens is 2. The van der Waals surface area contributed by atoms with Crippen molar-refractivity contribution in [3.8, 4) is 0 Å². The van der Waals surface area contributed by atoms with Gasteiger partial charge in [0.25, 0.3) is 5.91 Å². The molecular weight excluding hydrogens is 250 g/mol. The first-order valence-corrected chi connectivity index (χ1v) is 6.98. The quantitative estimate of drug-likeness (QED) is 0.908. The molecular formula is C10H12F2N2O2S. The Morgan fingerprint density at radius 1 is 1.35 bits per heavy atom. The molecule has 94 valence electrons. The minimum Gasteiger partial charge on any atom is -0.319 e. The fourth-order valence-electron chi connectivity index (χ4n) is 1.08. The molecule has 7 heteroatoms. The lowest BCUT2D eigenvalue weighted by atomic mass is 10.3. The number of alkyl halides is 2. The fourth-order valence-corrected chi connectivity index (χ4v) is 1.72. The molecule has 17 heavy (non-hydrogen) atoms. The van der Waals surface area contributed by atoms with E-state index >= 15 is 0 Å². The lowest BCUT2D eigenvalue weighted by molar-refractivity contribution is -0.126. The number of benzene rings is 1. The van der Waals surface area contributed by atoms with E-state index in [-0.39, 0.29) is 11.4 Å². The topological polar surface area (TPSA) is 58.5 Å². The molecule has 0 radical (unpaired) electrons. The summed E-state index contributed by atoms with van der Waals surface area (Å²) in [6.07, 6.45) is -0.270. The number of amides is 1. The molecule has 1 amide bonds. The number of nitrogens with zero attached hydrogens (tertiary/aromatic N) is 1. The molecule has 1 aromatic carbocycles. The van der Waals surface area contributed by atoms with E-state index in [0.29, 0.717) is 0 Å². The molecule has 4 nitrogen and oxygen atoms in total. The Labute approximate surface area is 98.2 Å². The molecule has 0 saturated carbocycles. The van der Waals surface area contributed by atoms with Gasteiger partial charge in [-0.05, 0) is 12.1 Å². The summed E-state index contributed by atoms with van der Waals surface area (Å²) in [4.78, 5) is 10.9. The molecule has 0 aliphatic carbocycles. The van der Waals surface area contributed by atoms with Crippen molar-refractivity contribution in [2.75, 3.05) is 17.8 Å². The number of rotatable bonds is 3. The van der Waals surface area contributed by atoms with E-state index < -0.39 is 22.1 Å². The number of nitrogens with one attached hydrogen (secondary N) is 1. The first-order valence-electron chi connectivity index (χ1n) is 4.65. The smallest absolute Gasteiger partial charge is 0.315 e. The summed E-state index contributed by atoms with van der Waals surface area (Å²) in [6.45, 7) is 0. The van der Waals surface area contributed by atoms with Gasteiger partial charge < -0.3 is 5.32 Å². The van der Waals surface area contributed by atoms with E-state index in [0.717, 1.165) is 0 Å². The third-order valence-electron chi connectivity index (χ3n) is 1.68. The molecule has 0 saturated heterocycles. The number of para-hydroxylation sites is 1. The molecule has 0 fully saturated rings. The third-order valence-corrected chi connectivity index (χ3v) is 2.31. The van der Waals surface area contributed by atoms with Gasteiger partial charge in [-0.1, -0.05) is 12.1 Å². The highest BCUT2D eigenvalue weighted by molar-refractivity contribution is 7.92. The maximum Gasteiger partial charge on any atom is 0.315 e. The van der Waals surface area contributed by atoms with Crippen molar-refractivity contribution < 1.29 is 17.8 Å². The van der Waals surface area contributed by atoms with Crippen LogP contribution in [0.4, 0.5) is 20.2 Å². The van der Waals surface area contributed by atoms with Gasteiger partial charge >= 0.3 is 6.43 Å². The van der Waals surface area contributed by atoms with E-state index in [2.05, 4.69) is 4.36 Å². The van der Waals surface area contributed by atoms with Crippen LogP contribution in [0.3, 0.4) is 0 Å². The molecule has 0 spiro atoms. The Balaban J connectivity index is 3.10. The normalized spacial score (nSPS) is 11.4. The molecule has 0 atom stereocenters. The second-order valence-electron chi connectivity index (χ2n) is 3.58. The van der Waals surface area contributed by atoms with E-state index in [9.17, 15) is 17.8 Å². The maximum absolute atomic E-state index is 12.1. The summed E-state index contributed by atoms with van der Waals surface area (Å²) >= 11 is 0. The number of hydrogen-bond acceptors (Lipinski definition) is 3. The second kappa shape index (κ2) is 5.22. The van der Waals surface area contributed by atoms with Crippen LogP contribution < -0.4 is 5.32 Å². The van der Waals surface area contributed by atoms with Gasteiger partial charge in [-0.25, -0.2) is 4.21 Å². The zero-order valence-corrected chi connectivity index (χ0v) is 10.1. The molecule has 1 aromatic rings. The first-order chi connectivity index (χ1) is 7.79. The molecule has 0 aliphatic rings. The van der Waals surface area contributed by atoms with Crippen LogP contribution in [0.15, 0.2) is 28.6 Å². The van der Waals surface area contributed by atoms with Gasteiger partial charge in [0.2, 0.25) is 0 Å². The summed E-state index contributed by atoms with van der Waals surface area (Å²) in [5.41, 5.74) is 0.339. The number of anilines is 1. The third kappa shape index (κ3) is 4.48. The monoisotopic (exact) mass is 262 g/mol. The Kier molecular flexibility index (Phi) is 4.17. The van der Waals surface area contributed by atoms with Crippen molar-refractivity contribution in [3.05, 3.63) is 24.3 Å². The average molecular weight is 262 g/mol. The average Bonchev–Trinajstić information content (AvgIpc) is 2.18. The zero-order valence-electron chi connectivity index (χ0n) is 9.31. The summed E-state index contributed by atoms with van der Waals surface area (Å²) in [7, 11) is -2.42. The van der Waals surface area contributed by atoms with E-state index in [1.807, 2.05) is 5.32 Å². The minimum absolute atomic E-state index is 0.120. The fraction of sp³-hybridized carbons (Fsp3) is 0.300. The predicted octanol–water partition coefficient (Wildman–Crippen LogP) is 2.25. The van der Waals surface area contributed by atoms with Crippen molar-refractivity contribution in [2.24, 2.45) is 4.36 Å². The van der Waals surface area contributed by atoms with Crippen LogP contribution in [0.2, 0.25) is 0 Å². The summed E-state index contributed by atoms with van der Waals surface area (Å²) < 4.78 is 39.5. The molecule has 0 heterocycles. The Bertz CT molecular complexity index is 529. The first kappa shape index (κ1) is 13.6. The molecule has 0 aliphatic heterocycles. The van der Waals surface area contributed by atoms with E-state index in [1.165, 1.54) is 24.6 Å². The minimum atomic E-state index is -3.10. The maximum atomic E-state index is 12.1. The van der Waals surface area contributed by atoms with Crippen LogP contribution in [0.1, 0.15) is 0 Å². The summed E-state index contributed by atoms with van der Waals surface area (Å²) in [5.74, 6) is -1.41. The van der Waals surface area contributed by atoms with Gasteiger partial charge in [-0.2, -0.15) is 13.1 Å². The number of carbonyl (C=O) groups excluding carboxylic acids is 1. The van der Waals surface area contributed by atoms with Crippen molar-refractivity contribution in [2.45, 2.75) is 6.43 Å². The van der Waals surface area contributed by atoms with Crippen LogP contribution in [0, 0.1) is 0 Å². The van der Waals surface area contributed by atoms with Gasteiger partial charge in [0.05, 0.1) is 11.4 Å². The predicted molar refractivity (Wildman–Crippen MR) is 63.2 cm³/mol. The van der Waals surface area contributed by atoms with Gasteiger partial charge in [-0.15, -0.1) is 0 Å². The van der Waals surface area contributed by atoms with Crippen molar-refractivity contribution in [3.63, 3.8) is 0 Å². The van der Waals surface area contributed by atoms with Crippen LogP contribution in [-0.2, 0) is 14.5 Å². The van der Waals surface area contributed by atoms with Gasteiger partial charge in [-0.3, -0.25) is 4.79 Å².